The lowest BCUT2D eigenvalue weighted by Crippen LogP contribution is -2.38. The zero-order valence-corrected chi connectivity index (χ0v) is 22.4. The van der Waals surface area contributed by atoms with Gasteiger partial charge >= 0.3 is 0 Å². The van der Waals surface area contributed by atoms with E-state index >= 15 is 0 Å². The Balaban J connectivity index is 1.58. The Hall–Kier alpha value is -4.51. The standard InChI is InChI=1S/C34H34N4O/c1-23(24-9-5-3-6-10-24)30(25-11-7-4-8-12-25)34-37-33(36-28-19-21-35-22-20-28)31(26-15-17-29(39)18-16-26)32(38(34)2)27-13-14-27/h3,5-6,9-11,15-22,37,39H,1,4,7-8,12-14H2,2H3,(H,35,36)/b34-30+. The molecule has 5 nitrogen and oxygen atoms in total. The number of benzene rings is 2. The zero-order chi connectivity index (χ0) is 26.8. The quantitative estimate of drug-likeness (QED) is 0.317. The van der Waals surface area contributed by atoms with Crippen molar-refractivity contribution in [1.29, 1.82) is 0 Å². The van der Waals surface area contributed by atoms with Gasteiger partial charge in [-0.1, -0.05) is 55.1 Å². The van der Waals surface area contributed by atoms with E-state index in [1.807, 2.05) is 30.3 Å². The third-order valence-electron chi connectivity index (χ3n) is 7.61. The van der Waals surface area contributed by atoms with Crippen molar-refractivity contribution in [1.82, 2.24) is 15.2 Å². The molecule has 6 rings (SSSR count). The molecular weight excluding hydrogens is 480 g/mol. The van der Waals surface area contributed by atoms with Crippen molar-refractivity contribution in [3.8, 4) is 5.75 Å². The summed E-state index contributed by atoms with van der Waals surface area (Å²) in [5.41, 5.74) is 10.4. The van der Waals surface area contributed by atoms with Crippen molar-refractivity contribution in [3.63, 3.8) is 0 Å². The molecule has 3 aliphatic rings. The summed E-state index contributed by atoms with van der Waals surface area (Å²) < 4.78 is 0. The number of nitrogens with one attached hydrogen (secondary N) is 2. The molecule has 0 atom stereocenters. The average Bonchev–Trinajstić information content (AvgIpc) is 3.82. The molecule has 2 aliphatic carbocycles. The van der Waals surface area contributed by atoms with Gasteiger partial charge in [0.15, 0.2) is 0 Å². The topological polar surface area (TPSA) is 60.4 Å². The van der Waals surface area contributed by atoms with Crippen molar-refractivity contribution in [3.05, 3.63) is 137 Å². The van der Waals surface area contributed by atoms with Crippen LogP contribution >= 0.6 is 0 Å². The number of likely N-dealkylation sites (N-methyl/N-ethyl adjacent to an activating group) is 1. The van der Waals surface area contributed by atoms with Crippen LogP contribution in [0.4, 0.5) is 5.69 Å². The van der Waals surface area contributed by atoms with Crippen LogP contribution in [0.5, 0.6) is 5.75 Å². The molecule has 1 aliphatic heterocycles. The fraction of sp³-hybridized carbons (Fsp3) is 0.206. The SMILES string of the molecule is C=C(/C(C1=CCCCC1)=C1/NC(Nc2ccncc2)=C(c2ccc(O)cc2)C(=C2CC2)N1C)c1ccccc1. The first-order chi connectivity index (χ1) is 19.1. The monoisotopic (exact) mass is 514 g/mol. The van der Waals surface area contributed by atoms with Crippen LogP contribution in [0.3, 0.4) is 0 Å². The number of nitrogens with zero attached hydrogens (tertiary/aromatic N) is 2. The first-order valence-corrected chi connectivity index (χ1v) is 13.7. The van der Waals surface area contributed by atoms with Crippen LogP contribution in [0.15, 0.2) is 126 Å². The Kier molecular flexibility index (Phi) is 6.80. The molecule has 1 fully saturated rings. The number of phenolic OH excluding ortho intramolecular Hbond substituents is 1. The zero-order valence-electron chi connectivity index (χ0n) is 22.4. The summed E-state index contributed by atoms with van der Waals surface area (Å²) in [6.07, 6.45) is 12.7. The van der Waals surface area contributed by atoms with Gasteiger partial charge in [0.05, 0.1) is 5.70 Å². The molecule has 196 valence electrons. The highest BCUT2D eigenvalue weighted by Gasteiger charge is 2.34. The van der Waals surface area contributed by atoms with Gasteiger partial charge in [-0.15, -0.1) is 0 Å². The molecule has 3 aromatic rings. The molecule has 1 saturated carbocycles. The summed E-state index contributed by atoms with van der Waals surface area (Å²) >= 11 is 0. The van der Waals surface area contributed by atoms with Gasteiger partial charge in [0, 0.05) is 36.3 Å². The van der Waals surface area contributed by atoms with Crippen molar-refractivity contribution in [2.45, 2.75) is 38.5 Å². The summed E-state index contributed by atoms with van der Waals surface area (Å²) in [6, 6.07) is 21.9. The Morgan fingerprint density at radius 1 is 0.949 bits per heavy atom. The van der Waals surface area contributed by atoms with E-state index in [2.05, 4.69) is 64.5 Å². The Morgan fingerprint density at radius 3 is 2.36 bits per heavy atom. The summed E-state index contributed by atoms with van der Waals surface area (Å²) in [6.45, 7) is 4.64. The van der Waals surface area contributed by atoms with Gasteiger partial charge in [-0.3, -0.25) is 4.98 Å². The maximum atomic E-state index is 10.0. The van der Waals surface area contributed by atoms with E-state index in [1.165, 1.54) is 35.3 Å². The van der Waals surface area contributed by atoms with E-state index in [1.54, 1.807) is 24.5 Å². The van der Waals surface area contributed by atoms with E-state index < -0.39 is 0 Å². The second-order valence-electron chi connectivity index (χ2n) is 10.3. The van der Waals surface area contributed by atoms with Crippen LogP contribution in [0.2, 0.25) is 0 Å². The molecule has 0 bridgehead atoms. The lowest BCUT2D eigenvalue weighted by atomic mass is 9.86. The molecule has 0 saturated heterocycles. The molecule has 0 radical (unpaired) electrons. The van der Waals surface area contributed by atoms with Gasteiger partial charge in [0.25, 0.3) is 0 Å². The van der Waals surface area contributed by atoms with Crippen LogP contribution in [-0.2, 0) is 0 Å². The predicted molar refractivity (Wildman–Crippen MR) is 159 cm³/mol. The number of phenols is 1. The van der Waals surface area contributed by atoms with Crippen LogP contribution < -0.4 is 10.6 Å². The van der Waals surface area contributed by atoms with Crippen molar-refractivity contribution < 1.29 is 5.11 Å². The van der Waals surface area contributed by atoms with Crippen molar-refractivity contribution >= 4 is 16.8 Å². The second kappa shape index (κ2) is 10.7. The summed E-state index contributed by atoms with van der Waals surface area (Å²) in [5.74, 6) is 2.20. The molecule has 0 unspecified atom stereocenters. The molecule has 5 heteroatoms. The first kappa shape index (κ1) is 24.8. The maximum absolute atomic E-state index is 10.0. The molecule has 39 heavy (non-hydrogen) atoms. The van der Waals surface area contributed by atoms with E-state index in [0.717, 1.165) is 65.3 Å². The minimum Gasteiger partial charge on any atom is -0.508 e. The predicted octanol–water partition coefficient (Wildman–Crippen LogP) is 7.58. The number of pyridine rings is 1. The van der Waals surface area contributed by atoms with Gasteiger partial charge in [-0.2, -0.15) is 0 Å². The highest BCUT2D eigenvalue weighted by molar-refractivity contribution is 5.88. The molecule has 3 N–H and O–H groups in total. The summed E-state index contributed by atoms with van der Waals surface area (Å²) in [5, 5.41) is 17.5. The number of allylic oxidation sites excluding steroid dienone is 6. The van der Waals surface area contributed by atoms with Gasteiger partial charge < -0.3 is 20.6 Å². The van der Waals surface area contributed by atoms with Crippen LogP contribution in [0.1, 0.15) is 49.7 Å². The molecule has 0 amide bonds. The minimum absolute atomic E-state index is 0.256. The van der Waals surface area contributed by atoms with Crippen LogP contribution in [-0.4, -0.2) is 22.0 Å². The average molecular weight is 515 g/mol. The largest absolute Gasteiger partial charge is 0.508 e. The minimum atomic E-state index is 0.256. The lowest BCUT2D eigenvalue weighted by molar-refractivity contribution is 0.474. The normalized spacial score (nSPS) is 18.4. The third-order valence-corrected chi connectivity index (χ3v) is 7.61. The summed E-state index contributed by atoms with van der Waals surface area (Å²) in [4.78, 5) is 6.52. The number of hydrogen-bond donors (Lipinski definition) is 3. The number of anilines is 1. The highest BCUT2D eigenvalue weighted by atomic mass is 16.3. The number of aromatic nitrogens is 1. The molecule has 1 aromatic heterocycles. The van der Waals surface area contributed by atoms with E-state index in [0.29, 0.717) is 0 Å². The fourth-order valence-electron chi connectivity index (χ4n) is 5.53. The molecule has 0 spiro atoms. The summed E-state index contributed by atoms with van der Waals surface area (Å²) in [7, 11) is 2.16. The van der Waals surface area contributed by atoms with Gasteiger partial charge in [-0.25, -0.2) is 0 Å². The van der Waals surface area contributed by atoms with Gasteiger partial charge in [0.2, 0.25) is 0 Å². The van der Waals surface area contributed by atoms with Crippen LogP contribution in [0, 0.1) is 0 Å². The maximum Gasteiger partial charge on any atom is 0.119 e. The van der Waals surface area contributed by atoms with E-state index in [-0.39, 0.29) is 5.75 Å². The number of rotatable bonds is 6. The first-order valence-electron chi connectivity index (χ1n) is 13.7. The molecule has 2 aromatic carbocycles. The second-order valence-corrected chi connectivity index (χ2v) is 10.3. The van der Waals surface area contributed by atoms with E-state index in [9.17, 15) is 5.11 Å². The Labute approximate surface area is 230 Å². The Morgan fingerprint density at radius 2 is 1.69 bits per heavy atom. The fourth-order valence-corrected chi connectivity index (χ4v) is 5.53. The molecule has 2 heterocycles. The third kappa shape index (κ3) is 5.13. The number of aromatic hydroxyl groups is 1. The van der Waals surface area contributed by atoms with Gasteiger partial charge in [-0.05, 0) is 90.6 Å². The van der Waals surface area contributed by atoms with Crippen molar-refractivity contribution in [2.24, 2.45) is 0 Å². The lowest BCUT2D eigenvalue weighted by Gasteiger charge is -2.38. The van der Waals surface area contributed by atoms with Crippen molar-refractivity contribution in [2.75, 3.05) is 12.4 Å². The highest BCUT2D eigenvalue weighted by Crippen LogP contribution is 2.46. The van der Waals surface area contributed by atoms with E-state index in [4.69, 9.17) is 0 Å². The molecular formula is C34H34N4O. The number of hydrogen-bond acceptors (Lipinski definition) is 5. The van der Waals surface area contributed by atoms with Gasteiger partial charge in [0.1, 0.15) is 17.4 Å². The smallest absolute Gasteiger partial charge is 0.119 e. The Bertz CT molecular complexity index is 1510. The van der Waals surface area contributed by atoms with Crippen LogP contribution in [0.25, 0.3) is 11.1 Å².